The summed E-state index contributed by atoms with van der Waals surface area (Å²) in [5, 5.41) is 21.6. The van der Waals surface area contributed by atoms with E-state index < -0.39 is 24.1 Å². The summed E-state index contributed by atoms with van der Waals surface area (Å²) in [5.41, 5.74) is 10.7. The Hall–Kier alpha value is -5.96. The minimum absolute atomic E-state index is 0.179. The quantitative estimate of drug-likeness (QED) is 0.0931. The van der Waals surface area contributed by atoms with Crippen molar-refractivity contribution in [3.63, 3.8) is 0 Å². The zero-order valence-electron chi connectivity index (χ0n) is 28.4. The summed E-state index contributed by atoms with van der Waals surface area (Å²) in [5.74, 6) is -0.821. The molecule has 2 aliphatic carbocycles. The summed E-state index contributed by atoms with van der Waals surface area (Å²) in [6.45, 7) is 5.91. The molecule has 0 saturated heterocycles. The van der Waals surface area contributed by atoms with E-state index in [0.29, 0.717) is 11.5 Å². The lowest BCUT2D eigenvalue weighted by atomic mass is 9.83. The number of benzene rings is 5. The molecule has 0 heterocycles. The third kappa shape index (κ3) is 6.74. The number of esters is 2. The molecule has 0 aromatic heterocycles. The highest BCUT2D eigenvalue weighted by Gasteiger charge is 2.36. The topological polar surface area (TPSA) is 112 Å². The van der Waals surface area contributed by atoms with Crippen molar-refractivity contribution in [2.45, 2.75) is 24.0 Å². The molecule has 2 aliphatic rings. The van der Waals surface area contributed by atoms with Gasteiger partial charge in [0.05, 0.1) is 0 Å². The van der Waals surface area contributed by atoms with Crippen molar-refractivity contribution in [1.29, 1.82) is 0 Å². The fraction of sp³-hybridized carbons (Fsp3) is 0.182. The molecule has 0 amide bonds. The van der Waals surface area contributed by atoms with Crippen LogP contribution in [-0.2, 0) is 19.1 Å². The van der Waals surface area contributed by atoms with Gasteiger partial charge in [-0.2, -0.15) is 0 Å². The van der Waals surface area contributed by atoms with Gasteiger partial charge in [-0.05, 0) is 50.6 Å². The summed E-state index contributed by atoms with van der Waals surface area (Å²) in [7, 11) is 0. The summed E-state index contributed by atoms with van der Waals surface area (Å²) < 4.78 is 23.0. The Balaban J connectivity index is 1.38. The van der Waals surface area contributed by atoms with Crippen LogP contribution >= 0.6 is 0 Å². The molecule has 2 N–H and O–H groups in total. The molecule has 0 spiro atoms. The SMILES string of the molecule is C=CC(=O)OCC(O)COc1cc(OCC(O)COC(=O)C=C)c(C2c3ccccc3-c3ccccc32)cc1C1c2ccccc2-c2ccccc21. The van der Waals surface area contributed by atoms with Crippen molar-refractivity contribution in [3.05, 3.63) is 168 Å². The minimum Gasteiger partial charge on any atom is -0.490 e. The molecule has 5 aromatic carbocycles. The number of hydrogen-bond acceptors (Lipinski definition) is 8. The second-order valence-electron chi connectivity index (χ2n) is 12.7. The van der Waals surface area contributed by atoms with E-state index in [4.69, 9.17) is 18.9 Å². The first-order valence-corrected chi connectivity index (χ1v) is 17.1. The summed E-state index contributed by atoms with van der Waals surface area (Å²) in [6.07, 6.45) is -0.178. The van der Waals surface area contributed by atoms with Crippen LogP contribution in [0.3, 0.4) is 0 Å². The number of ether oxygens (including phenoxy) is 4. The van der Waals surface area contributed by atoms with E-state index in [-0.39, 0.29) is 38.3 Å². The van der Waals surface area contributed by atoms with Crippen LogP contribution in [0.15, 0.2) is 135 Å². The van der Waals surface area contributed by atoms with Crippen LogP contribution in [0.4, 0.5) is 0 Å². The number of aliphatic hydroxyl groups excluding tert-OH is 2. The third-order valence-electron chi connectivity index (χ3n) is 9.46. The number of aliphatic hydroxyl groups is 2. The van der Waals surface area contributed by atoms with Gasteiger partial charge in [-0.3, -0.25) is 0 Å². The van der Waals surface area contributed by atoms with Gasteiger partial charge in [0.1, 0.15) is 50.1 Å². The highest BCUT2D eigenvalue weighted by molar-refractivity contribution is 5.84. The van der Waals surface area contributed by atoms with E-state index in [1.807, 2.05) is 54.6 Å². The summed E-state index contributed by atoms with van der Waals surface area (Å²) >= 11 is 0. The molecule has 8 nitrogen and oxygen atoms in total. The largest absolute Gasteiger partial charge is 0.490 e. The van der Waals surface area contributed by atoms with Crippen molar-refractivity contribution < 1.29 is 38.7 Å². The number of rotatable bonds is 14. The van der Waals surface area contributed by atoms with Crippen LogP contribution in [0, 0.1) is 0 Å². The fourth-order valence-electron chi connectivity index (χ4n) is 7.22. The Kier molecular flexibility index (Phi) is 10.0. The van der Waals surface area contributed by atoms with Crippen molar-refractivity contribution in [2.75, 3.05) is 26.4 Å². The van der Waals surface area contributed by atoms with Crippen LogP contribution in [-0.4, -0.2) is 60.8 Å². The Bertz CT molecular complexity index is 1910. The highest BCUT2D eigenvalue weighted by Crippen LogP contribution is 2.54. The third-order valence-corrected chi connectivity index (χ3v) is 9.46. The van der Waals surface area contributed by atoms with Crippen molar-refractivity contribution >= 4 is 11.9 Å². The normalized spacial score (nSPS) is 13.9. The van der Waals surface area contributed by atoms with Crippen LogP contribution in [0.2, 0.25) is 0 Å². The average Bonchev–Trinajstić information content (AvgIpc) is 3.70. The first-order valence-electron chi connectivity index (χ1n) is 17.1. The molecule has 262 valence electrons. The molecule has 0 saturated carbocycles. The van der Waals surface area contributed by atoms with E-state index in [2.05, 4.69) is 67.8 Å². The van der Waals surface area contributed by atoms with Gasteiger partial charge in [0, 0.05) is 41.2 Å². The van der Waals surface area contributed by atoms with Crippen LogP contribution < -0.4 is 9.47 Å². The molecule has 8 heteroatoms. The predicted octanol–water partition coefficient (Wildman–Crippen LogP) is 6.95. The molecule has 0 fully saturated rings. The van der Waals surface area contributed by atoms with Gasteiger partial charge in [-0.15, -0.1) is 0 Å². The zero-order valence-corrected chi connectivity index (χ0v) is 28.4. The van der Waals surface area contributed by atoms with Gasteiger partial charge < -0.3 is 29.2 Å². The molecular weight excluding hydrogens is 656 g/mol. The number of hydrogen-bond donors (Lipinski definition) is 2. The first-order chi connectivity index (χ1) is 25.4. The molecule has 2 unspecified atom stereocenters. The van der Waals surface area contributed by atoms with Gasteiger partial charge in [-0.1, -0.05) is 110 Å². The van der Waals surface area contributed by atoms with Crippen LogP contribution in [0.25, 0.3) is 22.3 Å². The Morgan fingerprint density at radius 1 is 0.519 bits per heavy atom. The van der Waals surface area contributed by atoms with E-state index in [0.717, 1.165) is 67.8 Å². The molecule has 5 aromatic rings. The monoisotopic (exact) mass is 694 g/mol. The highest BCUT2D eigenvalue weighted by atomic mass is 16.6. The predicted molar refractivity (Wildman–Crippen MR) is 197 cm³/mol. The lowest BCUT2D eigenvalue weighted by molar-refractivity contribution is -0.141. The molecular formula is C44H38O8. The summed E-state index contributed by atoms with van der Waals surface area (Å²) in [6, 6.07) is 37.1. The van der Waals surface area contributed by atoms with Crippen LogP contribution in [0.1, 0.15) is 45.2 Å². The molecule has 2 atom stereocenters. The van der Waals surface area contributed by atoms with E-state index in [1.165, 1.54) is 0 Å². The molecule has 0 aliphatic heterocycles. The summed E-state index contributed by atoms with van der Waals surface area (Å²) in [4.78, 5) is 23.4. The Labute approximate surface area is 302 Å². The maximum atomic E-state index is 11.7. The van der Waals surface area contributed by atoms with Crippen molar-refractivity contribution in [2.24, 2.45) is 0 Å². The minimum atomic E-state index is -1.13. The average molecular weight is 695 g/mol. The fourth-order valence-corrected chi connectivity index (χ4v) is 7.22. The van der Waals surface area contributed by atoms with Gasteiger partial charge in [-0.25, -0.2) is 9.59 Å². The molecule has 0 bridgehead atoms. The first kappa shape index (κ1) is 34.5. The standard InChI is InChI=1S/C44H38O8/c1-3-41(47)51-25-27(45)23-49-39-22-40(50-24-28(46)26-52-42(48)4-2)38(44-35-19-11-7-15-31(35)32-16-8-12-20-36(32)44)21-37(39)43-33-17-9-5-13-29(33)30-14-6-10-18-34(30)43/h3-22,27-28,43-46H,1-2,23-26H2. The van der Waals surface area contributed by atoms with Gasteiger partial charge in [0.2, 0.25) is 0 Å². The van der Waals surface area contributed by atoms with Gasteiger partial charge in [0.15, 0.2) is 0 Å². The lowest BCUT2D eigenvalue weighted by Gasteiger charge is -2.26. The van der Waals surface area contributed by atoms with Gasteiger partial charge in [0.25, 0.3) is 0 Å². The molecule has 52 heavy (non-hydrogen) atoms. The van der Waals surface area contributed by atoms with E-state index >= 15 is 0 Å². The smallest absolute Gasteiger partial charge is 0.330 e. The Morgan fingerprint density at radius 2 is 0.846 bits per heavy atom. The van der Waals surface area contributed by atoms with Crippen LogP contribution in [0.5, 0.6) is 11.5 Å². The molecule has 0 radical (unpaired) electrons. The van der Waals surface area contributed by atoms with Crippen molar-refractivity contribution in [3.8, 4) is 33.8 Å². The second kappa shape index (κ2) is 15.1. The number of fused-ring (bicyclic) bond motifs is 6. The second-order valence-corrected chi connectivity index (χ2v) is 12.7. The zero-order chi connectivity index (χ0) is 36.2. The van der Waals surface area contributed by atoms with E-state index in [9.17, 15) is 19.8 Å². The Morgan fingerprint density at radius 3 is 1.17 bits per heavy atom. The van der Waals surface area contributed by atoms with Gasteiger partial charge >= 0.3 is 11.9 Å². The maximum Gasteiger partial charge on any atom is 0.330 e. The maximum absolute atomic E-state index is 11.7. The van der Waals surface area contributed by atoms with Crippen molar-refractivity contribution in [1.82, 2.24) is 0 Å². The number of carbonyl (C=O) groups is 2. The number of carbonyl (C=O) groups excluding carboxylic acids is 2. The lowest BCUT2D eigenvalue weighted by Crippen LogP contribution is -2.26. The van der Waals surface area contributed by atoms with E-state index in [1.54, 1.807) is 0 Å². The molecule has 7 rings (SSSR count).